The summed E-state index contributed by atoms with van der Waals surface area (Å²) in [6, 6.07) is 12.3. The number of esters is 1. The minimum absolute atomic E-state index is 0.307. The van der Waals surface area contributed by atoms with Gasteiger partial charge >= 0.3 is 5.97 Å². The molecule has 8 heteroatoms. The van der Waals surface area contributed by atoms with Gasteiger partial charge in [-0.2, -0.15) is 10.4 Å². The van der Waals surface area contributed by atoms with E-state index >= 15 is 0 Å². The minimum Gasteiger partial charge on any atom is -0.465 e. The van der Waals surface area contributed by atoms with E-state index in [9.17, 15) is 9.59 Å². The summed E-state index contributed by atoms with van der Waals surface area (Å²) < 4.78 is 6.26. The molecule has 0 saturated heterocycles. The van der Waals surface area contributed by atoms with E-state index in [2.05, 4.69) is 21.2 Å². The molecule has 3 rings (SSSR count). The van der Waals surface area contributed by atoms with Crippen molar-refractivity contribution in [2.24, 2.45) is 0 Å². The first kappa shape index (κ1) is 18.4. The molecule has 0 bridgehead atoms. The first-order chi connectivity index (χ1) is 13.1. The number of nitriles is 1. The second-order valence-corrected chi connectivity index (χ2v) is 6.51. The smallest absolute Gasteiger partial charge is 0.337 e. The van der Waals surface area contributed by atoms with E-state index in [1.165, 1.54) is 18.4 Å². The number of rotatable bonds is 6. The number of carbonyl (C=O) groups excluding carboxylic acids is 2. The normalized spacial score (nSPS) is 10.2. The molecule has 0 radical (unpaired) electrons. The van der Waals surface area contributed by atoms with E-state index in [-0.39, 0.29) is 5.91 Å². The van der Waals surface area contributed by atoms with Crippen molar-refractivity contribution in [2.45, 2.75) is 13.0 Å². The zero-order chi connectivity index (χ0) is 19.2. The third-order valence-electron chi connectivity index (χ3n) is 3.78. The standard InChI is InChI=1S/C19H16N4O3S/c1-26-19(25)13-5-7-14(8-6-13)21-18(24)15-12-23(10-3-9-20)22-17(15)16-4-2-11-27-16/h2,4-8,11-12H,3,10H2,1H3,(H,21,24). The van der Waals surface area contributed by atoms with E-state index in [1.807, 2.05) is 17.5 Å². The topological polar surface area (TPSA) is 97.0 Å². The second kappa shape index (κ2) is 8.29. The highest BCUT2D eigenvalue weighted by Crippen LogP contribution is 2.27. The number of aromatic nitrogens is 2. The van der Waals surface area contributed by atoms with E-state index in [0.717, 1.165) is 4.88 Å². The Balaban J connectivity index is 1.84. The Hall–Kier alpha value is -3.44. The number of nitrogens with zero attached hydrogens (tertiary/aromatic N) is 3. The Morgan fingerprint density at radius 3 is 2.70 bits per heavy atom. The highest BCUT2D eigenvalue weighted by atomic mass is 32.1. The molecular weight excluding hydrogens is 364 g/mol. The number of thiophene rings is 1. The fraction of sp³-hybridized carbons (Fsp3) is 0.158. The number of nitrogens with one attached hydrogen (secondary N) is 1. The number of carbonyl (C=O) groups is 2. The van der Waals surface area contributed by atoms with Crippen LogP contribution in [0.2, 0.25) is 0 Å². The molecule has 0 spiro atoms. The third-order valence-corrected chi connectivity index (χ3v) is 4.65. The Bertz CT molecular complexity index is 985. The van der Waals surface area contributed by atoms with Gasteiger partial charge in [-0.3, -0.25) is 9.48 Å². The summed E-state index contributed by atoms with van der Waals surface area (Å²) >= 11 is 1.49. The maximum absolute atomic E-state index is 12.8. The van der Waals surface area contributed by atoms with Crippen LogP contribution < -0.4 is 5.32 Å². The van der Waals surface area contributed by atoms with Crippen LogP contribution in [0, 0.1) is 11.3 Å². The van der Waals surface area contributed by atoms with Gasteiger partial charge < -0.3 is 10.1 Å². The molecule has 0 unspecified atom stereocenters. The van der Waals surface area contributed by atoms with Crippen LogP contribution in [0.1, 0.15) is 27.1 Å². The average Bonchev–Trinajstić information content (AvgIpc) is 3.35. The van der Waals surface area contributed by atoms with Gasteiger partial charge in [-0.05, 0) is 35.7 Å². The zero-order valence-corrected chi connectivity index (χ0v) is 15.3. The number of hydrogen-bond donors (Lipinski definition) is 1. The van der Waals surface area contributed by atoms with E-state index in [4.69, 9.17) is 5.26 Å². The van der Waals surface area contributed by atoms with E-state index in [1.54, 1.807) is 35.1 Å². The number of anilines is 1. The fourth-order valence-corrected chi connectivity index (χ4v) is 3.19. The molecule has 1 aromatic carbocycles. The van der Waals surface area contributed by atoms with Crippen LogP contribution >= 0.6 is 11.3 Å². The van der Waals surface area contributed by atoms with Crippen molar-refractivity contribution in [1.29, 1.82) is 5.26 Å². The average molecular weight is 380 g/mol. The largest absolute Gasteiger partial charge is 0.465 e. The number of hydrogen-bond acceptors (Lipinski definition) is 6. The van der Waals surface area contributed by atoms with Crippen molar-refractivity contribution in [2.75, 3.05) is 12.4 Å². The van der Waals surface area contributed by atoms with Gasteiger partial charge in [0, 0.05) is 11.9 Å². The van der Waals surface area contributed by atoms with Crippen LogP contribution in [0.25, 0.3) is 10.6 Å². The lowest BCUT2D eigenvalue weighted by Gasteiger charge is -2.06. The number of benzene rings is 1. The van der Waals surface area contributed by atoms with Gasteiger partial charge in [0.2, 0.25) is 0 Å². The first-order valence-electron chi connectivity index (χ1n) is 8.10. The lowest BCUT2D eigenvalue weighted by Crippen LogP contribution is -2.12. The number of amides is 1. The quantitative estimate of drug-likeness (QED) is 0.660. The van der Waals surface area contributed by atoms with Crippen LogP contribution in [0.5, 0.6) is 0 Å². The van der Waals surface area contributed by atoms with Crippen molar-refractivity contribution in [1.82, 2.24) is 9.78 Å². The molecular formula is C19H16N4O3S. The van der Waals surface area contributed by atoms with Gasteiger partial charge in [0.15, 0.2) is 0 Å². The maximum Gasteiger partial charge on any atom is 0.337 e. The SMILES string of the molecule is COC(=O)c1ccc(NC(=O)c2cn(CCC#N)nc2-c2cccs2)cc1. The Labute approximate surface area is 159 Å². The molecule has 0 fully saturated rings. The van der Waals surface area contributed by atoms with Gasteiger partial charge in [-0.25, -0.2) is 4.79 Å². The van der Waals surface area contributed by atoms with Crippen LogP contribution in [-0.4, -0.2) is 28.8 Å². The lowest BCUT2D eigenvalue weighted by molar-refractivity contribution is 0.0600. The van der Waals surface area contributed by atoms with Crippen LogP contribution in [0.4, 0.5) is 5.69 Å². The molecule has 0 aliphatic heterocycles. The van der Waals surface area contributed by atoms with Gasteiger partial charge in [0.25, 0.3) is 5.91 Å². The summed E-state index contributed by atoms with van der Waals surface area (Å²) in [5.41, 5.74) is 1.95. The van der Waals surface area contributed by atoms with Crippen LogP contribution in [0.3, 0.4) is 0 Å². The summed E-state index contributed by atoms with van der Waals surface area (Å²) in [5.74, 6) is -0.751. The molecule has 0 aliphatic carbocycles. The molecule has 3 aromatic rings. The summed E-state index contributed by atoms with van der Waals surface area (Å²) in [5, 5.41) is 17.9. The number of ether oxygens (including phenoxy) is 1. The molecule has 2 aromatic heterocycles. The van der Waals surface area contributed by atoms with Crippen molar-refractivity contribution in [3.8, 4) is 16.6 Å². The molecule has 7 nitrogen and oxygen atoms in total. The lowest BCUT2D eigenvalue weighted by atomic mass is 10.2. The Kier molecular flexibility index (Phi) is 5.64. The van der Waals surface area contributed by atoms with Crippen molar-refractivity contribution < 1.29 is 14.3 Å². The predicted octanol–water partition coefficient (Wildman–Crippen LogP) is 3.56. The molecule has 0 atom stereocenters. The molecule has 1 amide bonds. The molecule has 2 heterocycles. The Morgan fingerprint density at radius 2 is 2.07 bits per heavy atom. The monoisotopic (exact) mass is 380 g/mol. The van der Waals surface area contributed by atoms with Gasteiger partial charge in [0.05, 0.1) is 42.1 Å². The van der Waals surface area contributed by atoms with Crippen molar-refractivity contribution in [3.63, 3.8) is 0 Å². The van der Waals surface area contributed by atoms with Gasteiger partial charge in [0.1, 0.15) is 5.69 Å². The van der Waals surface area contributed by atoms with Crippen molar-refractivity contribution >= 4 is 28.9 Å². The van der Waals surface area contributed by atoms with Gasteiger partial charge in [-0.1, -0.05) is 6.07 Å². The summed E-state index contributed by atoms with van der Waals surface area (Å²) in [6.07, 6.45) is 1.95. The first-order valence-corrected chi connectivity index (χ1v) is 8.98. The maximum atomic E-state index is 12.8. The van der Waals surface area contributed by atoms with E-state index in [0.29, 0.717) is 35.5 Å². The second-order valence-electron chi connectivity index (χ2n) is 5.56. The molecule has 27 heavy (non-hydrogen) atoms. The highest BCUT2D eigenvalue weighted by molar-refractivity contribution is 7.13. The number of methoxy groups -OCH3 is 1. The fourth-order valence-electron chi connectivity index (χ4n) is 2.47. The zero-order valence-electron chi connectivity index (χ0n) is 14.5. The van der Waals surface area contributed by atoms with Crippen LogP contribution in [0.15, 0.2) is 48.0 Å². The highest BCUT2D eigenvalue weighted by Gasteiger charge is 2.19. The summed E-state index contributed by atoms with van der Waals surface area (Å²) in [6.45, 7) is 0.413. The predicted molar refractivity (Wildman–Crippen MR) is 102 cm³/mol. The van der Waals surface area contributed by atoms with Gasteiger partial charge in [-0.15, -0.1) is 11.3 Å². The molecule has 0 saturated carbocycles. The van der Waals surface area contributed by atoms with E-state index < -0.39 is 5.97 Å². The van der Waals surface area contributed by atoms with Crippen LogP contribution in [-0.2, 0) is 11.3 Å². The summed E-state index contributed by atoms with van der Waals surface area (Å²) in [7, 11) is 1.31. The van der Waals surface area contributed by atoms with Crippen molar-refractivity contribution in [3.05, 3.63) is 59.1 Å². The minimum atomic E-state index is -0.438. The summed E-state index contributed by atoms with van der Waals surface area (Å²) in [4.78, 5) is 25.1. The molecule has 136 valence electrons. The molecule has 0 aliphatic rings. The third kappa shape index (κ3) is 4.22. The number of aryl methyl sites for hydroxylation is 1. The Morgan fingerprint density at radius 1 is 1.30 bits per heavy atom. The molecule has 1 N–H and O–H groups in total.